The minimum absolute atomic E-state index is 0.199. The zero-order valence-corrected chi connectivity index (χ0v) is 15.5. The Bertz CT molecular complexity index is 913. The first-order valence-electron chi connectivity index (χ1n) is 9.39. The van der Waals surface area contributed by atoms with Gasteiger partial charge in [0.15, 0.2) is 0 Å². The molecule has 0 saturated carbocycles. The molecule has 7 nitrogen and oxygen atoms in total. The van der Waals surface area contributed by atoms with E-state index in [4.69, 9.17) is 0 Å². The van der Waals surface area contributed by atoms with Crippen LogP contribution < -0.4 is 5.32 Å². The molecule has 1 aromatic carbocycles. The number of nitrogens with one attached hydrogen (secondary N) is 1. The lowest BCUT2D eigenvalue weighted by atomic mass is 10.0. The van der Waals surface area contributed by atoms with Crippen molar-refractivity contribution in [1.82, 2.24) is 25.0 Å². The third-order valence-electron chi connectivity index (χ3n) is 4.97. The van der Waals surface area contributed by atoms with E-state index in [9.17, 15) is 9.90 Å². The van der Waals surface area contributed by atoms with Crippen LogP contribution in [-0.2, 0) is 6.54 Å². The Morgan fingerprint density at radius 2 is 2.04 bits per heavy atom. The van der Waals surface area contributed by atoms with Crippen molar-refractivity contribution in [3.63, 3.8) is 0 Å². The number of carbonyl (C=O) groups is 1. The van der Waals surface area contributed by atoms with Gasteiger partial charge in [-0.25, -0.2) is 4.68 Å². The SMILES string of the molecule is O=C(NC1CCN(Cc2cnn(-c3ccccc3)c2)CC1O)c1cccnc1. The number of amides is 1. The number of likely N-dealkylation sites (tertiary alicyclic amines) is 1. The summed E-state index contributed by atoms with van der Waals surface area (Å²) in [5.41, 5.74) is 2.62. The van der Waals surface area contributed by atoms with Crippen LogP contribution in [0.2, 0.25) is 0 Å². The second kappa shape index (κ2) is 8.33. The van der Waals surface area contributed by atoms with Crippen LogP contribution in [0.4, 0.5) is 0 Å². The number of carbonyl (C=O) groups excluding carboxylic acids is 1. The van der Waals surface area contributed by atoms with E-state index in [0.29, 0.717) is 25.1 Å². The highest BCUT2D eigenvalue weighted by molar-refractivity contribution is 5.94. The largest absolute Gasteiger partial charge is 0.390 e. The van der Waals surface area contributed by atoms with Crippen LogP contribution >= 0.6 is 0 Å². The molecule has 4 rings (SSSR count). The van der Waals surface area contributed by atoms with Crippen molar-refractivity contribution < 1.29 is 9.90 Å². The number of piperidine rings is 1. The van der Waals surface area contributed by atoms with Gasteiger partial charge in [-0.1, -0.05) is 18.2 Å². The molecule has 1 aliphatic rings. The van der Waals surface area contributed by atoms with Crippen LogP contribution in [0.1, 0.15) is 22.3 Å². The normalized spacial score (nSPS) is 20.0. The van der Waals surface area contributed by atoms with Crippen molar-refractivity contribution in [2.24, 2.45) is 0 Å². The van der Waals surface area contributed by atoms with Gasteiger partial charge in [-0.2, -0.15) is 5.10 Å². The fourth-order valence-corrected chi connectivity index (χ4v) is 3.48. The molecule has 0 radical (unpaired) electrons. The second-order valence-corrected chi connectivity index (χ2v) is 7.04. The minimum Gasteiger partial charge on any atom is -0.390 e. The van der Waals surface area contributed by atoms with Crippen molar-refractivity contribution >= 4 is 5.91 Å². The Morgan fingerprint density at radius 3 is 2.79 bits per heavy atom. The average Bonchev–Trinajstić information content (AvgIpc) is 3.20. The van der Waals surface area contributed by atoms with E-state index >= 15 is 0 Å². The standard InChI is InChI=1S/C21H23N5O2/c27-20-15-25(10-8-19(20)24-21(28)17-5-4-9-22-12-17)13-16-11-23-26(14-16)18-6-2-1-3-7-18/h1-7,9,11-12,14,19-20,27H,8,10,13,15H2,(H,24,28). The Kier molecular flexibility index (Phi) is 5.45. The van der Waals surface area contributed by atoms with Crippen LogP contribution in [0.25, 0.3) is 5.69 Å². The summed E-state index contributed by atoms with van der Waals surface area (Å²) in [7, 11) is 0. The van der Waals surface area contributed by atoms with E-state index in [1.807, 2.05) is 47.4 Å². The van der Waals surface area contributed by atoms with Gasteiger partial charge in [-0.05, 0) is 30.7 Å². The molecular weight excluding hydrogens is 354 g/mol. The van der Waals surface area contributed by atoms with Gasteiger partial charge in [0.25, 0.3) is 5.91 Å². The van der Waals surface area contributed by atoms with Gasteiger partial charge in [0.1, 0.15) is 0 Å². The molecule has 0 aliphatic carbocycles. The predicted molar refractivity (Wildman–Crippen MR) is 105 cm³/mol. The van der Waals surface area contributed by atoms with Crippen molar-refractivity contribution in [3.8, 4) is 5.69 Å². The molecule has 144 valence electrons. The molecule has 0 bridgehead atoms. The molecule has 3 aromatic rings. The number of benzene rings is 1. The van der Waals surface area contributed by atoms with E-state index in [0.717, 1.165) is 17.8 Å². The summed E-state index contributed by atoms with van der Waals surface area (Å²) in [6.45, 7) is 2.02. The zero-order valence-electron chi connectivity index (χ0n) is 15.5. The Hall–Kier alpha value is -3.03. The molecule has 2 N–H and O–H groups in total. The van der Waals surface area contributed by atoms with Gasteiger partial charge in [-0.15, -0.1) is 0 Å². The Balaban J connectivity index is 1.32. The lowest BCUT2D eigenvalue weighted by Gasteiger charge is -2.36. The maximum atomic E-state index is 12.3. The molecule has 2 atom stereocenters. The number of hydrogen-bond acceptors (Lipinski definition) is 5. The molecule has 3 heterocycles. The number of rotatable bonds is 5. The third-order valence-corrected chi connectivity index (χ3v) is 4.97. The summed E-state index contributed by atoms with van der Waals surface area (Å²) in [4.78, 5) is 18.4. The van der Waals surface area contributed by atoms with Crippen molar-refractivity contribution in [3.05, 3.63) is 78.4 Å². The maximum absolute atomic E-state index is 12.3. The quantitative estimate of drug-likeness (QED) is 0.706. The van der Waals surface area contributed by atoms with E-state index < -0.39 is 6.10 Å². The number of β-amino-alcohol motifs (C(OH)–C–C–N with tert-alkyl or cyclic N) is 1. The highest BCUT2D eigenvalue weighted by Gasteiger charge is 2.29. The van der Waals surface area contributed by atoms with E-state index in [1.165, 1.54) is 6.20 Å². The van der Waals surface area contributed by atoms with Gasteiger partial charge >= 0.3 is 0 Å². The molecule has 1 fully saturated rings. The number of aliphatic hydroxyl groups is 1. The summed E-state index contributed by atoms with van der Waals surface area (Å²) in [6.07, 6.45) is 7.11. The zero-order chi connectivity index (χ0) is 19.3. The van der Waals surface area contributed by atoms with Crippen LogP contribution in [-0.4, -0.2) is 55.9 Å². The number of nitrogens with zero attached hydrogens (tertiary/aromatic N) is 4. The molecule has 28 heavy (non-hydrogen) atoms. The Morgan fingerprint density at radius 1 is 1.18 bits per heavy atom. The van der Waals surface area contributed by atoms with E-state index in [1.54, 1.807) is 18.3 Å². The summed E-state index contributed by atoms with van der Waals surface area (Å²) in [5.74, 6) is -0.199. The fraction of sp³-hybridized carbons (Fsp3) is 0.286. The monoisotopic (exact) mass is 377 g/mol. The molecule has 2 aromatic heterocycles. The molecule has 0 spiro atoms. The minimum atomic E-state index is -0.612. The fourth-order valence-electron chi connectivity index (χ4n) is 3.48. The summed E-state index contributed by atoms with van der Waals surface area (Å²) >= 11 is 0. The van der Waals surface area contributed by atoms with E-state index in [-0.39, 0.29) is 11.9 Å². The first-order chi connectivity index (χ1) is 13.7. The van der Waals surface area contributed by atoms with Crippen LogP contribution in [0, 0.1) is 0 Å². The highest BCUT2D eigenvalue weighted by Crippen LogP contribution is 2.16. The van der Waals surface area contributed by atoms with Crippen LogP contribution in [0.3, 0.4) is 0 Å². The van der Waals surface area contributed by atoms with E-state index in [2.05, 4.69) is 20.3 Å². The average molecular weight is 377 g/mol. The molecule has 1 amide bonds. The van der Waals surface area contributed by atoms with Gasteiger partial charge in [0.2, 0.25) is 0 Å². The number of aliphatic hydroxyl groups excluding tert-OH is 1. The smallest absolute Gasteiger partial charge is 0.253 e. The predicted octanol–water partition coefficient (Wildman–Crippen LogP) is 1.63. The van der Waals surface area contributed by atoms with Crippen molar-refractivity contribution in [2.75, 3.05) is 13.1 Å². The topological polar surface area (TPSA) is 83.3 Å². The molecule has 2 unspecified atom stereocenters. The first kappa shape index (κ1) is 18.3. The maximum Gasteiger partial charge on any atom is 0.253 e. The first-order valence-corrected chi connectivity index (χ1v) is 9.39. The van der Waals surface area contributed by atoms with Crippen LogP contribution in [0.15, 0.2) is 67.3 Å². The lowest BCUT2D eigenvalue weighted by molar-refractivity contribution is 0.0349. The van der Waals surface area contributed by atoms with Gasteiger partial charge < -0.3 is 10.4 Å². The number of hydrogen-bond donors (Lipinski definition) is 2. The van der Waals surface area contributed by atoms with Gasteiger partial charge in [0, 0.05) is 43.8 Å². The summed E-state index contributed by atoms with van der Waals surface area (Å²) in [5, 5.41) is 17.8. The van der Waals surface area contributed by atoms with Crippen molar-refractivity contribution in [1.29, 1.82) is 0 Å². The van der Waals surface area contributed by atoms with Gasteiger partial charge in [-0.3, -0.25) is 14.7 Å². The summed E-state index contributed by atoms with van der Waals surface area (Å²) < 4.78 is 1.85. The van der Waals surface area contributed by atoms with Crippen LogP contribution in [0.5, 0.6) is 0 Å². The third kappa shape index (κ3) is 4.27. The number of para-hydroxylation sites is 1. The second-order valence-electron chi connectivity index (χ2n) is 7.04. The van der Waals surface area contributed by atoms with Gasteiger partial charge in [0.05, 0.1) is 29.6 Å². The Labute approximate surface area is 163 Å². The highest BCUT2D eigenvalue weighted by atomic mass is 16.3. The van der Waals surface area contributed by atoms with Crippen molar-refractivity contribution in [2.45, 2.75) is 25.1 Å². The number of aromatic nitrogens is 3. The lowest BCUT2D eigenvalue weighted by Crippen LogP contribution is -2.53. The molecule has 1 aliphatic heterocycles. The molecule has 7 heteroatoms. The summed E-state index contributed by atoms with van der Waals surface area (Å²) in [6, 6.07) is 13.2. The number of pyridine rings is 1. The molecule has 1 saturated heterocycles. The molecular formula is C21H23N5O2.